The first-order valence-corrected chi connectivity index (χ1v) is 15.7. The number of carbonyl (C=O) groups is 1. The van der Waals surface area contributed by atoms with Gasteiger partial charge in [-0.1, -0.05) is 34.6 Å². The van der Waals surface area contributed by atoms with Crippen LogP contribution in [0.5, 0.6) is 11.6 Å². The summed E-state index contributed by atoms with van der Waals surface area (Å²) in [7, 11) is -0.856. The molecule has 1 atom stereocenters. The maximum atomic E-state index is 14.1. The number of methoxy groups -OCH3 is 1. The lowest BCUT2D eigenvalue weighted by atomic mass is 10.0. The van der Waals surface area contributed by atoms with Gasteiger partial charge in [0.25, 0.3) is 0 Å². The number of carboxylic acids is 1. The highest BCUT2D eigenvalue weighted by Gasteiger charge is 2.38. The number of aromatic nitrogens is 2. The minimum absolute atomic E-state index is 0.000487. The maximum absolute atomic E-state index is 14.1. The number of aromatic carboxylic acids is 1. The average molecular weight is 581 g/mol. The molecule has 0 amide bonds. The molecular formula is C28H35F3N2O6Si. The molecule has 0 radical (unpaired) electrons. The van der Waals surface area contributed by atoms with Crippen LogP contribution in [0.1, 0.15) is 56.6 Å². The number of pyridine rings is 2. The van der Waals surface area contributed by atoms with Crippen LogP contribution in [0, 0.1) is 23.4 Å². The van der Waals surface area contributed by atoms with Crippen LogP contribution >= 0.6 is 0 Å². The molecule has 2 heterocycles. The Labute approximate surface area is 231 Å². The monoisotopic (exact) mass is 580 g/mol. The van der Waals surface area contributed by atoms with Crippen molar-refractivity contribution in [2.24, 2.45) is 5.92 Å². The number of benzene rings is 1. The van der Waals surface area contributed by atoms with Crippen LogP contribution in [0.3, 0.4) is 0 Å². The molecule has 0 aliphatic heterocycles. The van der Waals surface area contributed by atoms with Crippen molar-refractivity contribution in [1.29, 1.82) is 0 Å². The highest BCUT2D eigenvalue weighted by molar-refractivity contribution is 6.74. The van der Waals surface area contributed by atoms with Crippen LogP contribution in [0.25, 0.3) is 11.0 Å². The molecule has 3 rings (SSSR count). The molecule has 8 nitrogen and oxygen atoms in total. The Bertz CT molecular complexity index is 1460. The van der Waals surface area contributed by atoms with E-state index >= 15 is 0 Å². The standard InChI is InChI=1S/C28H35F3N2O6Si/c1-15(2)22(14-39-40(7,8)28(3,4)5)33-12-19(27(35)36)23(34)18-9-16(26(37-6)32-25(18)33)13-38-24-20(30)10-17(29)11-21(24)31/h9-12,15,22H,13-14H2,1-8H3,(H,35,36). The number of fused-ring (bicyclic) bond motifs is 1. The minimum atomic E-state index is -2.18. The molecule has 0 saturated carbocycles. The van der Waals surface area contributed by atoms with E-state index in [1.165, 1.54) is 19.4 Å². The van der Waals surface area contributed by atoms with Gasteiger partial charge in [-0.25, -0.2) is 18.0 Å². The van der Waals surface area contributed by atoms with Gasteiger partial charge in [-0.05, 0) is 30.1 Å². The fourth-order valence-electron chi connectivity index (χ4n) is 3.90. The minimum Gasteiger partial charge on any atom is -0.483 e. The van der Waals surface area contributed by atoms with Crippen LogP contribution in [0.4, 0.5) is 13.2 Å². The summed E-state index contributed by atoms with van der Waals surface area (Å²) >= 11 is 0. The van der Waals surface area contributed by atoms with E-state index in [0.29, 0.717) is 12.1 Å². The predicted molar refractivity (Wildman–Crippen MR) is 147 cm³/mol. The third-order valence-corrected chi connectivity index (χ3v) is 11.9. The fraction of sp³-hybridized carbons (Fsp3) is 0.464. The Morgan fingerprint density at radius 1 is 1.12 bits per heavy atom. The van der Waals surface area contributed by atoms with Gasteiger partial charge in [0.05, 0.1) is 30.7 Å². The molecule has 0 fully saturated rings. The van der Waals surface area contributed by atoms with Gasteiger partial charge < -0.3 is 23.6 Å². The molecule has 0 saturated heterocycles. The number of nitrogens with zero attached hydrogens (tertiary/aromatic N) is 2. The first-order valence-electron chi connectivity index (χ1n) is 12.8. The van der Waals surface area contributed by atoms with Gasteiger partial charge in [-0.15, -0.1) is 0 Å². The van der Waals surface area contributed by atoms with E-state index in [-0.39, 0.29) is 40.0 Å². The molecule has 0 spiro atoms. The van der Waals surface area contributed by atoms with Crippen molar-refractivity contribution in [1.82, 2.24) is 9.55 Å². The van der Waals surface area contributed by atoms with Crippen LogP contribution in [0.2, 0.25) is 18.1 Å². The predicted octanol–water partition coefficient (Wildman–Crippen LogP) is 6.32. The summed E-state index contributed by atoms with van der Waals surface area (Å²) in [4.78, 5) is 29.8. The largest absolute Gasteiger partial charge is 0.483 e. The SMILES string of the molecule is COc1nc2c(cc1COc1c(F)cc(F)cc1F)c(=O)c(C(=O)O)cn2C(CO[Si](C)(C)C(C)(C)C)C(C)C. The fourth-order valence-corrected chi connectivity index (χ4v) is 4.92. The van der Waals surface area contributed by atoms with E-state index in [0.717, 1.165) is 0 Å². The van der Waals surface area contributed by atoms with Crippen molar-refractivity contribution in [2.45, 2.75) is 65.4 Å². The van der Waals surface area contributed by atoms with E-state index in [9.17, 15) is 27.9 Å². The Hall–Kier alpha value is -3.38. The van der Waals surface area contributed by atoms with Gasteiger partial charge in [0, 0.05) is 18.3 Å². The molecule has 40 heavy (non-hydrogen) atoms. The maximum Gasteiger partial charge on any atom is 0.341 e. The molecule has 0 aliphatic carbocycles. The summed E-state index contributed by atoms with van der Waals surface area (Å²) in [5, 5.41) is 9.71. The van der Waals surface area contributed by atoms with Gasteiger partial charge in [0.1, 0.15) is 23.6 Å². The Kier molecular flexibility index (Phi) is 9.05. The molecule has 2 aromatic heterocycles. The molecule has 1 unspecified atom stereocenters. The van der Waals surface area contributed by atoms with Crippen molar-refractivity contribution in [3.63, 3.8) is 0 Å². The second-order valence-electron chi connectivity index (χ2n) is 11.5. The summed E-state index contributed by atoms with van der Waals surface area (Å²) < 4.78 is 60.3. The molecule has 218 valence electrons. The lowest BCUT2D eigenvalue weighted by Crippen LogP contribution is -2.42. The molecular weight excluding hydrogens is 545 g/mol. The molecule has 12 heteroatoms. The zero-order chi connectivity index (χ0) is 30.2. The average Bonchev–Trinajstić information content (AvgIpc) is 2.83. The Balaban J connectivity index is 2.17. The van der Waals surface area contributed by atoms with Crippen LogP contribution in [0.15, 0.2) is 29.2 Å². The normalized spacial score (nSPS) is 13.1. The zero-order valence-electron chi connectivity index (χ0n) is 23.9. The molecule has 3 aromatic rings. The number of carboxylic acid groups (broad SMARTS) is 1. The number of hydrogen-bond acceptors (Lipinski definition) is 6. The second kappa shape index (κ2) is 11.6. The molecule has 1 N–H and O–H groups in total. The van der Waals surface area contributed by atoms with Crippen LogP contribution in [-0.2, 0) is 11.0 Å². The highest BCUT2D eigenvalue weighted by Crippen LogP contribution is 2.38. The van der Waals surface area contributed by atoms with E-state index in [1.54, 1.807) is 4.57 Å². The summed E-state index contributed by atoms with van der Waals surface area (Å²) in [6.45, 7) is 14.2. The van der Waals surface area contributed by atoms with E-state index < -0.39 is 61.1 Å². The number of ether oxygens (including phenoxy) is 2. The van der Waals surface area contributed by atoms with Gasteiger partial charge in [-0.2, -0.15) is 4.98 Å². The lowest BCUT2D eigenvalue weighted by Gasteiger charge is -2.38. The molecule has 1 aromatic carbocycles. The summed E-state index contributed by atoms with van der Waals surface area (Å²) in [6, 6.07) is 1.89. The van der Waals surface area contributed by atoms with E-state index in [4.69, 9.17) is 13.9 Å². The first-order chi connectivity index (χ1) is 18.5. The van der Waals surface area contributed by atoms with Gasteiger partial charge >= 0.3 is 5.97 Å². The quantitative estimate of drug-likeness (QED) is 0.280. The third-order valence-electron chi connectivity index (χ3n) is 7.35. The van der Waals surface area contributed by atoms with Crippen molar-refractivity contribution >= 4 is 25.3 Å². The highest BCUT2D eigenvalue weighted by atomic mass is 28.4. The summed E-state index contributed by atoms with van der Waals surface area (Å²) in [6.07, 6.45) is 1.26. The number of hydrogen-bond donors (Lipinski definition) is 1. The molecule has 0 aliphatic rings. The van der Waals surface area contributed by atoms with Crippen LogP contribution < -0.4 is 14.9 Å². The van der Waals surface area contributed by atoms with Crippen molar-refractivity contribution in [2.75, 3.05) is 13.7 Å². The Morgan fingerprint density at radius 3 is 2.23 bits per heavy atom. The van der Waals surface area contributed by atoms with Crippen LogP contribution in [-0.4, -0.2) is 42.7 Å². The van der Waals surface area contributed by atoms with E-state index in [2.05, 4.69) is 38.8 Å². The number of halogens is 3. The third kappa shape index (κ3) is 6.33. The lowest BCUT2D eigenvalue weighted by molar-refractivity contribution is 0.0694. The second-order valence-corrected chi connectivity index (χ2v) is 16.3. The number of rotatable bonds is 10. The van der Waals surface area contributed by atoms with Gasteiger partial charge in [0.15, 0.2) is 25.7 Å². The summed E-state index contributed by atoms with van der Waals surface area (Å²) in [5.41, 5.74) is -0.975. The van der Waals surface area contributed by atoms with E-state index in [1.807, 2.05) is 13.8 Å². The molecule has 0 bridgehead atoms. The van der Waals surface area contributed by atoms with Crippen molar-refractivity contribution in [3.05, 3.63) is 63.2 Å². The van der Waals surface area contributed by atoms with Gasteiger partial charge in [0.2, 0.25) is 11.3 Å². The van der Waals surface area contributed by atoms with Crippen molar-refractivity contribution in [3.8, 4) is 11.6 Å². The zero-order valence-corrected chi connectivity index (χ0v) is 24.9. The summed E-state index contributed by atoms with van der Waals surface area (Å²) in [5.74, 6) is -5.88. The smallest absolute Gasteiger partial charge is 0.341 e. The van der Waals surface area contributed by atoms with Crippen molar-refractivity contribution < 1.29 is 37.0 Å². The first kappa shape index (κ1) is 31.1. The topological polar surface area (TPSA) is 99.9 Å². The van der Waals surface area contributed by atoms with Gasteiger partial charge in [-0.3, -0.25) is 4.79 Å². The Morgan fingerprint density at radius 2 is 1.73 bits per heavy atom.